The molecule has 3 rings (SSSR count). The molecule has 0 spiro atoms. The van der Waals surface area contributed by atoms with Crippen molar-refractivity contribution in [1.82, 2.24) is 0 Å². The number of nitrogens with two attached hydrogens (primary N) is 1. The molecule has 1 unspecified atom stereocenters. The lowest BCUT2D eigenvalue weighted by Crippen LogP contribution is -2.30. The van der Waals surface area contributed by atoms with Crippen molar-refractivity contribution >= 4 is 27.5 Å². The standard InChI is InChI=1S/C17H16N2O4S/c1-11-9-13(24(18,22)23)7-8-15(11)19-16(20)10-14(17(19)21)12-5-3-2-4-6-12/h2-9,14H,10H2,1H3,(H2,18,22,23). The van der Waals surface area contributed by atoms with Gasteiger partial charge in [-0.3, -0.25) is 9.59 Å². The zero-order valence-corrected chi connectivity index (χ0v) is 13.8. The van der Waals surface area contributed by atoms with Crippen LogP contribution in [0.1, 0.15) is 23.5 Å². The number of anilines is 1. The number of primary sulfonamides is 1. The Hall–Kier alpha value is -2.51. The Bertz CT molecular complexity index is 923. The number of carbonyl (C=O) groups excluding carboxylic acids is 2. The van der Waals surface area contributed by atoms with E-state index in [1.54, 1.807) is 6.92 Å². The van der Waals surface area contributed by atoms with Crippen molar-refractivity contribution in [3.8, 4) is 0 Å². The summed E-state index contributed by atoms with van der Waals surface area (Å²) < 4.78 is 22.8. The maximum atomic E-state index is 12.7. The number of nitrogens with zero attached hydrogens (tertiary/aromatic N) is 1. The van der Waals surface area contributed by atoms with Gasteiger partial charge in [-0.25, -0.2) is 18.5 Å². The number of hydrogen-bond acceptors (Lipinski definition) is 4. The SMILES string of the molecule is Cc1cc(S(N)(=O)=O)ccc1N1C(=O)CC(c2ccccc2)C1=O. The van der Waals surface area contributed by atoms with Crippen molar-refractivity contribution in [3.05, 3.63) is 59.7 Å². The molecule has 1 saturated heterocycles. The van der Waals surface area contributed by atoms with Crippen molar-refractivity contribution in [2.75, 3.05) is 4.90 Å². The molecule has 1 aliphatic heterocycles. The summed E-state index contributed by atoms with van der Waals surface area (Å²) in [6.07, 6.45) is 0.0965. The molecule has 2 aromatic carbocycles. The van der Waals surface area contributed by atoms with E-state index in [-0.39, 0.29) is 23.1 Å². The largest absolute Gasteiger partial charge is 0.274 e. The number of sulfonamides is 1. The van der Waals surface area contributed by atoms with Gasteiger partial charge in [-0.15, -0.1) is 0 Å². The van der Waals surface area contributed by atoms with E-state index in [4.69, 9.17) is 5.14 Å². The summed E-state index contributed by atoms with van der Waals surface area (Å²) in [5, 5.41) is 5.11. The fourth-order valence-electron chi connectivity index (χ4n) is 2.89. The predicted octanol–water partition coefficient (Wildman–Crippen LogP) is 1.69. The van der Waals surface area contributed by atoms with E-state index >= 15 is 0 Å². The molecule has 2 aromatic rings. The van der Waals surface area contributed by atoms with Crippen molar-refractivity contribution in [2.45, 2.75) is 24.2 Å². The smallest absolute Gasteiger partial charge is 0.241 e. The van der Waals surface area contributed by atoms with Crippen LogP contribution in [0, 0.1) is 6.92 Å². The Morgan fingerprint density at radius 3 is 2.33 bits per heavy atom. The Balaban J connectivity index is 1.98. The third-order valence-electron chi connectivity index (χ3n) is 4.09. The molecule has 6 nitrogen and oxygen atoms in total. The third-order valence-corrected chi connectivity index (χ3v) is 5.00. The minimum atomic E-state index is -3.83. The summed E-state index contributed by atoms with van der Waals surface area (Å²) in [7, 11) is -3.83. The van der Waals surface area contributed by atoms with Crippen LogP contribution in [0.4, 0.5) is 5.69 Å². The first kappa shape index (κ1) is 16.4. The lowest BCUT2D eigenvalue weighted by atomic mass is 9.98. The highest BCUT2D eigenvalue weighted by atomic mass is 32.2. The topological polar surface area (TPSA) is 97.5 Å². The van der Waals surface area contributed by atoms with Gasteiger partial charge in [0.2, 0.25) is 21.8 Å². The van der Waals surface area contributed by atoms with Crippen molar-refractivity contribution < 1.29 is 18.0 Å². The molecule has 2 amide bonds. The van der Waals surface area contributed by atoms with E-state index in [0.29, 0.717) is 11.3 Å². The van der Waals surface area contributed by atoms with E-state index in [2.05, 4.69) is 0 Å². The number of aryl methyl sites for hydroxylation is 1. The number of hydrogen-bond donors (Lipinski definition) is 1. The molecule has 1 aliphatic rings. The average Bonchev–Trinajstić information content (AvgIpc) is 2.82. The highest BCUT2D eigenvalue weighted by Gasteiger charge is 2.40. The highest BCUT2D eigenvalue weighted by molar-refractivity contribution is 7.89. The fraction of sp³-hybridized carbons (Fsp3) is 0.176. The van der Waals surface area contributed by atoms with Gasteiger partial charge in [-0.2, -0.15) is 0 Å². The van der Waals surface area contributed by atoms with Gasteiger partial charge in [0.1, 0.15) is 0 Å². The fourth-order valence-corrected chi connectivity index (χ4v) is 3.49. The molecular formula is C17H16N2O4S. The highest BCUT2D eigenvalue weighted by Crippen LogP contribution is 2.35. The minimum Gasteiger partial charge on any atom is -0.274 e. The van der Waals surface area contributed by atoms with E-state index in [0.717, 1.165) is 10.5 Å². The summed E-state index contributed by atoms with van der Waals surface area (Å²) >= 11 is 0. The van der Waals surface area contributed by atoms with E-state index in [1.165, 1.54) is 18.2 Å². The molecule has 2 N–H and O–H groups in total. The lowest BCUT2D eigenvalue weighted by molar-refractivity contribution is -0.121. The Morgan fingerprint density at radius 1 is 1.08 bits per heavy atom. The first-order valence-electron chi connectivity index (χ1n) is 7.34. The predicted molar refractivity (Wildman–Crippen MR) is 88.8 cm³/mol. The Labute approximate surface area is 139 Å². The molecule has 0 aromatic heterocycles. The van der Waals surface area contributed by atoms with Crippen molar-refractivity contribution in [1.29, 1.82) is 0 Å². The quantitative estimate of drug-likeness (QED) is 0.857. The Kier molecular flexibility index (Phi) is 3.98. The number of benzene rings is 2. The second-order valence-corrected chi connectivity index (χ2v) is 7.29. The van der Waals surface area contributed by atoms with Crippen LogP contribution in [0.3, 0.4) is 0 Å². The first-order valence-corrected chi connectivity index (χ1v) is 8.89. The van der Waals surface area contributed by atoms with Gasteiger partial charge in [0.25, 0.3) is 0 Å². The summed E-state index contributed by atoms with van der Waals surface area (Å²) in [5.74, 6) is -1.13. The Morgan fingerprint density at radius 2 is 1.75 bits per heavy atom. The van der Waals surface area contributed by atoms with Crippen molar-refractivity contribution in [3.63, 3.8) is 0 Å². The second kappa shape index (κ2) is 5.85. The first-order chi connectivity index (χ1) is 11.3. The van der Waals surface area contributed by atoms with Crippen LogP contribution < -0.4 is 10.0 Å². The van der Waals surface area contributed by atoms with Crippen molar-refractivity contribution in [2.24, 2.45) is 5.14 Å². The zero-order chi connectivity index (χ0) is 17.5. The molecule has 7 heteroatoms. The van der Waals surface area contributed by atoms with Gasteiger partial charge in [0.05, 0.1) is 16.5 Å². The summed E-state index contributed by atoms with van der Waals surface area (Å²) in [6.45, 7) is 1.64. The molecule has 0 aliphatic carbocycles. The minimum absolute atomic E-state index is 0.0533. The molecule has 0 radical (unpaired) electrons. The molecule has 124 valence electrons. The van der Waals surface area contributed by atoms with Gasteiger partial charge >= 0.3 is 0 Å². The molecule has 0 saturated carbocycles. The maximum absolute atomic E-state index is 12.7. The van der Waals surface area contributed by atoms with Gasteiger partial charge in [0.15, 0.2) is 0 Å². The van der Waals surface area contributed by atoms with E-state index in [1.807, 2.05) is 30.3 Å². The van der Waals surface area contributed by atoms with Gasteiger partial charge in [0, 0.05) is 6.42 Å². The average molecular weight is 344 g/mol. The molecular weight excluding hydrogens is 328 g/mol. The summed E-state index contributed by atoms with van der Waals surface area (Å²) in [6, 6.07) is 13.2. The lowest BCUT2D eigenvalue weighted by Gasteiger charge is -2.18. The van der Waals surface area contributed by atoms with Crippen LogP contribution in [0.5, 0.6) is 0 Å². The monoisotopic (exact) mass is 344 g/mol. The third kappa shape index (κ3) is 2.83. The summed E-state index contributed by atoms with van der Waals surface area (Å²) in [5.41, 5.74) is 1.67. The second-order valence-electron chi connectivity index (χ2n) is 5.73. The molecule has 0 bridgehead atoms. The molecule has 1 fully saturated rings. The van der Waals surface area contributed by atoms with Crippen LogP contribution in [0.15, 0.2) is 53.4 Å². The maximum Gasteiger partial charge on any atom is 0.241 e. The van der Waals surface area contributed by atoms with Gasteiger partial charge < -0.3 is 0 Å². The normalized spacial score (nSPS) is 18.2. The van der Waals surface area contributed by atoms with E-state index < -0.39 is 15.9 Å². The van der Waals surface area contributed by atoms with Crippen LogP contribution >= 0.6 is 0 Å². The number of amides is 2. The van der Waals surface area contributed by atoms with Crippen LogP contribution in [0.25, 0.3) is 0 Å². The number of imide groups is 1. The van der Waals surface area contributed by atoms with Crippen LogP contribution in [0.2, 0.25) is 0 Å². The van der Waals surface area contributed by atoms with E-state index in [9.17, 15) is 18.0 Å². The van der Waals surface area contributed by atoms with Gasteiger partial charge in [-0.05, 0) is 36.2 Å². The molecule has 1 heterocycles. The number of rotatable bonds is 3. The molecule has 1 atom stereocenters. The number of carbonyl (C=O) groups is 2. The zero-order valence-electron chi connectivity index (χ0n) is 13.0. The van der Waals surface area contributed by atoms with Gasteiger partial charge in [-0.1, -0.05) is 30.3 Å². The van der Waals surface area contributed by atoms with Crippen LogP contribution in [-0.4, -0.2) is 20.2 Å². The molecule has 24 heavy (non-hydrogen) atoms. The summed E-state index contributed by atoms with van der Waals surface area (Å²) in [4.78, 5) is 26.1. The van der Waals surface area contributed by atoms with Crippen LogP contribution in [-0.2, 0) is 19.6 Å².